The first-order valence-corrected chi connectivity index (χ1v) is 8.78. The lowest BCUT2D eigenvalue weighted by atomic mass is 10.3. The molecule has 0 aliphatic carbocycles. The standard InChI is InChI=1S/C14H13Cl2N5OS/c15-9-4-3-8(23-9)6-17-12-11-13(20-14(16)19-12)21(7-18-11)10-2-1-5-22-10/h3-4,7,10H,1-2,5-6H2,(H,17,19,20). The molecule has 3 aromatic heterocycles. The van der Waals surface area contributed by atoms with Crippen LogP contribution in [0.2, 0.25) is 9.62 Å². The molecular weight excluding hydrogens is 357 g/mol. The minimum atomic E-state index is -0.0325. The number of hydrogen-bond acceptors (Lipinski definition) is 6. The van der Waals surface area contributed by atoms with Crippen LogP contribution in [0.25, 0.3) is 11.2 Å². The Morgan fingerprint density at radius 1 is 1.35 bits per heavy atom. The van der Waals surface area contributed by atoms with Crippen molar-refractivity contribution in [2.24, 2.45) is 0 Å². The summed E-state index contributed by atoms with van der Waals surface area (Å²) in [7, 11) is 0. The summed E-state index contributed by atoms with van der Waals surface area (Å²) in [4.78, 5) is 14.1. The fourth-order valence-corrected chi connectivity index (χ4v) is 3.81. The molecule has 4 rings (SSSR count). The second kappa shape index (κ2) is 6.24. The van der Waals surface area contributed by atoms with Gasteiger partial charge in [0.1, 0.15) is 6.23 Å². The smallest absolute Gasteiger partial charge is 0.226 e. The van der Waals surface area contributed by atoms with Crippen LogP contribution in [-0.4, -0.2) is 26.1 Å². The number of aromatic nitrogens is 4. The Morgan fingerprint density at radius 3 is 3.00 bits per heavy atom. The summed E-state index contributed by atoms with van der Waals surface area (Å²) >= 11 is 13.6. The van der Waals surface area contributed by atoms with Gasteiger partial charge in [0.25, 0.3) is 0 Å². The zero-order chi connectivity index (χ0) is 15.8. The lowest BCUT2D eigenvalue weighted by molar-refractivity contribution is 0.0593. The predicted molar refractivity (Wildman–Crippen MR) is 91.2 cm³/mol. The van der Waals surface area contributed by atoms with Gasteiger partial charge in [-0.3, -0.25) is 4.57 Å². The minimum absolute atomic E-state index is 0.0325. The van der Waals surface area contributed by atoms with Crippen LogP contribution in [0.4, 0.5) is 5.82 Å². The molecule has 0 bridgehead atoms. The third kappa shape index (κ3) is 3.01. The molecule has 0 saturated carbocycles. The van der Waals surface area contributed by atoms with Crippen LogP contribution in [-0.2, 0) is 11.3 Å². The fourth-order valence-electron chi connectivity index (χ4n) is 2.62. The van der Waals surface area contributed by atoms with Crippen molar-refractivity contribution < 1.29 is 4.74 Å². The molecule has 1 aliphatic heterocycles. The molecule has 3 aromatic rings. The minimum Gasteiger partial charge on any atom is -0.363 e. The number of nitrogens with zero attached hydrogens (tertiary/aromatic N) is 4. The summed E-state index contributed by atoms with van der Waals surface area (Å²) in [5.74, 6) is 0.612. The lowest BCUT2D eigenvalue weighted by Gasteiger charge is -2.12. The molecule has 1 fully saturated rings. The van der Waals surface area contributed by atoms with E-state index in [1.807, 2.05) is 16.7 Å². The first kappa shape index (κ1) is 15.1. The van der Waals surface area contributed by atoms with Crippen molar-refractivity contribution in [1.82, 2.24) is 19.5 Å². The fraction of sp³-hybridized carbons (Fsp3) is 0.357. The molecule has 0 spiro atoms. The number of fused-ring (bicyclic) bond motifs is 1. The summed E-state index contributed by atoms with van der Waals surface area (Å²) in [6.45, 7) is 1.36. The highest BCUT2D eigenvalue weighted by Crippen LogP contribution is 2.29. The van der Waals surface area contributed by atoms with E-state index in [1.165, 1.54) is 11.3 Å². The molecular formula is C14H13Cl2N5OS. The SMILES string of the molecule is Clc1nc(NCc2ccc(Cl)s2)c2ncn(C3CCCO3)c2n1. The number of anilines is 1. The van der Waals surface area contributed by atoms with Gasteiger partial charge in [0.15, 0.2) is 17.0 Å². The van der Waals surface area contributed by atoms with Crippen LogP contribution in [0.3, 0.4) is 0 Å². The highest BCUT2D eigenvalue weighted by Gasteiger charge is 2.22. The van der Waals surface area contributed by atoms with Crippen LogP contribution in [0.15, 0.2) is 18.5 Å². The maximum absolute atomic E-state index is 6.08. The van der Waals surface area contributed by atoms with Crippen molar-refractivity contribution in [1.29, 1.82) is 0 Å². The maximum Gasteiger partial charge on any atom is 0.226 e. The van der Waals surface area contributed by atoms with Gasteiger partial charge in [0, 0.05) is 11.5 Å². The Morgan fingerprint density at radius 2 is 2.26 bits per heavy atom. The first-order valence-electron chi connectivity index (χ1n) is 7.20. The molecule has 1 N–H and O–H groups in total. The largest absolute Gasteiger partial charge is 0.363 e. The summed E-state index contributed by atoms with van der Waals surface area (Å²) < 4.78 is 8.38. The van der Waals surface area contributed by atoms with E-state index in [2.05, 4.69) is 20.3 Å². The molecule has 1 atom stereocenters. The number of rotatable bonds is 4. The van der Waals surface area contributed by atoms with Crippen LogP contribution in [0.1, 0.15) is 23.9 Å². The van der Waals surface area contributed by atoms with Crippen LogP contribution in [0.5, 0.6) is 0 Å². The normalized spacial score (nSPS) is 17.9. The zero-order valence-electron chi connectivity index (χ0n) is 12.0. The molecule has 1 saturated heterocycles. The van der Waals surface area contributed by atoms with E-state index in [0.29, 0.717) is 23.5 Å². The average Bonchev–Trinajstić information content (AvgIpc) is 3.24. The lowest BCUT2D eigenvalue weighted by Crippen LogP contribution is -2.07. The molecule has 23 heavy (non-hydrogen) atoms. The van der Waals surface area contributed by atoms with E-state index in [9.17, 15) is 0 Å². The molecule has 0 amide bonds. The number of ether oxygens (including phenoxy) is 1. The van der Waals surface area contributed by atoms with E-state index in [-0.39, 0.29) is 11.5 Å². The predicted octanol–water partition coefficient (Wildman–Crippen LogP) is 4.12. The van der Waals surface area contributed by atoms with Gasteiger partial charge in [-0.2, -0.15) is 9.97 Å². The Balaban J connectivity index is 1.66. The van der Waals surface area contributed by atoms with E-state index in [4.69, 9.17) is 27.9 Å². The van der Waals surface area contributed by atoms with Crippen molar-refractivity contribution in [3.05, 3.63) is 33.0 Å². The third-order valence-electron chi connectivity index (χ3n) is 3.67. The van der Waals surface area contributed by atoms with Gasteiger partial charge in [0.05, 0.1) is 17.2 Å². The van der Waals surface area contributed by atoms with Gasteiger partial charge in [-0.25, -0.2) is 4.98 Å². The molecule has 0 aromatic carbocycles. The highest BCUT2D eigenvalue weighted by molar-refractivity contribution is 7.16. The quantitative estimate of drug-likeness (QED) is 0.700. The Kier molecular flexibility index (Phi) is 4.11. The topological polar surface area (TPSA) is 64.9 Å². The highest BCUT2D eigenvalue weighted by atomic mass is 35.5. The van der Waals surface area contributed by atoms with E-state index < -0.39 is 0 Å². The van der Waals surface area contributed by atoms with E-state index in [1.54, 1.807) is 6.33 Å². The number of thiophene rings is 1. The van der Waals surface area contributed by atoms with Gasteiger partial charge >= 0.3 is 0 Å². The number of halogens is 2. The number of imidazole rings is 1. The van der Waals surface area contributed by atoms with E-state index in [0.717, 1.165) is 28.7 Å². The first-order chi connectivity index (χ1) is 11.2. The second-order valence-electron chi connectivity index (χ2n) is 5.19. The number of hydrogen-bond donors (Lipinski definition) is 1. The van der Waals surface area contributed by atoms with Gasteiger partial charge in [-0.05, 0) is 36.6 Å². The summed E-state index contributed by atoms with van der Waals surface area (Å²) in [6.07, 6.45) is 3.69. The van der Waals surface area contributed by atoms with Crippen molar-refractivity contribution in [3.8, 4) is 0 Å². The van der Waals surface area contributed by atoms with Gasteiger partial charge in [-0.1, -0.05) is 11.6 Å². The Labute approximate surface area is 146 Å². The second-order valence-corrected chi connectivity index (χ2v) is 7.33. The maximum atomic E-state index is 6.08. The summed E-state index contributed by atoms with van der Waals surface area (Å²) in [6, 6.07) is 3.85. The van der Waals surface area contributed by atoms with Gasteiger partial charge < -0.3 is 10.1 Å². The van der Waals surface area contributed by atoms with E-state index >= 15 is 0 Å². The van der Waals surface area contributed by atoms with Crippen LogP contribution < -0.4 is 5.32 Å². The summed E-state index contributed by atoms with van der Waals surface area (Å²) in [5, 5.41) is 3.45. The molecule has 9 heteroatoms. The zero-order valence-corrected chi connectivity index (χ0v) is 14.3. The molecule has 120 valence electrons. The molecule has 1 aliphatic rings. The van der Waals surface area contributed by atoms with Crippen molar-refractivity contribution >= 4 is 51.5 Å². The Hall–Kier alpha value is -1.41. The average molecular weight is 370 g/mol. The number of nitrogens with one attached hydrogen (secondary N) is 1. The van der Waals surface area contributed by atoms with Crippen LogP contribution >= 0.6 is 34.5 Å². The van der Waals surface area contributed by atoms with Crippen molar-refractivity contribution in [2.75, 3.05) is 11.9 Å². The molecule has 0 radical (unpaired) electrons. The molecule has 1 unspecified atom stereocenters. The monoisotopic (exact) mass is 369 g/mol. The van der Waals surface area contributed by atoms with Gasteiger partial charge in [0.2, 0.25) is 5.28 Å². The van der Waals surface area contributed by atoms with Crippen molar-refractivity contribution in [3.63, 3.8) is 0 Å². The third-order valence-corrected chi connectivity index (χ3v) is 5.07. The van der Waals surface area contributed by atoms with Gasteiger partial charge in [-0.15, -0.1) is 11.3 Å². The molecule has 4 heterocycles. The Bertz CT molecular complexity index is 843. The molecule has 6 nitrogen and oxygen atoms in total. The summed E-state index contributed by atoms with van der Waals surface area (Å²) in [5.41, 5.74) is 1.37. The van der Waals surface area contributed by atoms with Crippen molar-refractivity contribution in [2.45, 2.75) is 25.6 Å². The van der Waals surface area contributed by atoms with Crippen LogP contribution in [0, 0.1) is 0 Å².